The predicted octanol–water partition coefficient (Wildman–Crippen LogP) is 6.03. The number of aromatic nitrogens is 2. The molecular weight excluding hydrogens is 615 g/mol. The first-order valence-electron chi connectivity index (χ1n) is 15.8. The summed E-state index contributed by atoms with van der Waals surface area (Å²) in [6.45, 7) is 9.34. The van der Waals surface area contributed by atoms with Crippen molar-refractivity contribution in [2.45, 2.75) is 71.9 Å². The molecule has 0 aliphatic rings. The van der Waals surface area contributed by atoms with Crippen LogP contribution in [0.15, 0.2) is 73.1 Å². The number of ether oxygens (including phenoxy) is 2. The van der Waals surface area contributed by atoms with E-state index in [0.717, 1.165) is 11.1 Å². The summed E-state index contributed by atoms with van der Waals surface area (Å²) in [6.07, 6.45) is 3.21. The Labute approximate surface area is 279 Å². The lowest BCUT2D eigenvalue weighted by molar-refractivity contribution is -0.155. The van der Waals surface area contributed by atoms with E-state index < -0.39 is 35.2 Å². The van der Waals surface area contributed by atoms with Crippen molar-refractivity contribution >= 4 is 23.6 Å². The first-order chi connectivity index (χ1) is 22.8. The summed E-state index contributed by atoms with van der Waals surface area (Å²) in [5.41, 5.74) is 2.78. The molecule has 0 bridgehead atoms. The van der Waals surface area contributed by atoms with E-state index in [4.69, 9.17) is 9.47 Å². The topological polar surface area (TPSA) is 139 Å². The van der Waals surface area contributed by atoms with Crippen LogP contribution in [-0.2, 0) is 32.0 Å². The van der Waals surface area contributed by atoms with Gasteiger partial charge in [0.2, 0.25) is 5.91 Å². The number of halogens is 1. The second-order valence-corrected chi connectivity index (χ2v) is 12.5. The van der Waals surface area contributed by atoms with Gasteiger partial charge in [-0.2, -0.15) is 0 Å². The Morgan fingerprint density at radius 1 is 0.979 bits per heavy atom. The number of pyridine rings is 1. The second kappa shape index (κ2) is 16.0. The van der Waals surface area contributed by atoms with E-state index in [0.29, 0.717) is 23.7 Å². The van der Waals surface area contributed by atoms with Crippen molar-refractivity contribution < 1.29 is 33.0 Å². The number of Topliss-reactive ketones (excluding diaryl/α,β-unsaturated/α-hetero) is 1. The van der Waals surface area contributed by atoms with E-state index in [1.165, 1.54) is 18.5 Å². The van der Waals surface area contributed by atoms with Gasteiger partial charge in [0.15, 0.2) is 0 Å². The van der Waals surface area contributed by atoms with Gasteiger partial charge in [-0.05, 0) is 70.4 Å². The summed E-state index contributed by atoms with van der Waals surface area (Å²) >= 11 is 0. The van der Waals surface area contributed by atoms with Gasteiger partial charge in [0.05, 0.1) is 17.0 Å². The van der Waals surface area contributed by atoms with Gasteiger partial charge in [0.1, 0.15) is 34.7 Å². The van der Waals surface area contributed by atoms with Crippen molar-refractivity contribution in [2.24, 2.45) is 0 Å². The Kier molecular flexibility index (Phi) is 11.8. The highest BCUT2D eigenvalue weighted by atomic mass is 19.1. The van der Waals surface area contributed by atoms with E-state index in [1.54, 1.807) is 58.0 Å². The van der Waals surface area contributed by atoms with E-state index in [-0.39, 0.29) is 48.3 Å². The van der Waals surface area contributed by atoms with Crippen LogP contribution >= 0.6 is 0 Å². The molecule has 2 heterocycles. The molecule has 0 saturated heterocycles. The van der Waals surface area contributed by atoms with Gasteiger partial charge in [0, 0.05) is 50.3 Å². The number of likely N-dealkylation sites (N-methyl/N-ethyl adjacent to an activating group) is 1. The highest BCUT2D eigenvalue weighted by Gasteiger charge is 2.25. The molecule has 4 rings (SSSR count). The zero-order valence-electron chi connectivity index (χ0n) is 27.8. The Balaban J connectivity index is 1.38. The molecule has 2 amide bonds. The van der Waals surface area contributed by atoms with Crippen LogP contribution in [0.1, 0.15) is 67.6 Å². The molecule has 0 fully saturated rings. The minimum atomic E-state index is -0.948. The van der Waals surface area contributed by atoms with E-state index in [1.807, 2.05) is 31.2 Å². The SMILES string of the molecule is CCNC(=O)[C@H](CCC(=O)OC(C)(C)C)NC(=O)c1c[nH]c(-c2cc(Oc3ccc(CC(=O)Cc4cccc(C)c4)c(F)c3)ccn2)c1. The number of rotatable bonds is 14. The summed E-state index contributed by atoms with van der Waals surface area (Å²) in [6, 6.07) is 15.9. The molecule has 2 aromatic carbocycles. The van der Waals surface area contributed by atoms with Crippen molar-refractivity contribution in [2.75, 3.05) is 6.54 Å². The normalized spacial score (nSPS) is 11.8. The molecule has 252 valence electrons. The lowest BCUT2D eigenvalue weighted by Gasteiger charge is -2.21. The molecule has 0 aliphatic carbocycles. The Bertz CT molecular complexity index is 1780. The van der Waals surface area contributed by atoms with Crippen molar-refractivity contribution in [3.05, 3.63) is 101 Å². The van der Waals surface area contributed by atoms with Crippen molar-refractivity contribution in [1.29, 1.82) is 0 Å². The summed E-state index contributed by atoms with van der Waals surface area (Å²) in [7, 11) is 0. The molecule has 1 atom stereocenters. The summed E-state index contributed by atoms with van der Waals surface area (Å²) in [5.74, 6) is -1.41. The molecule has 10 nitrogen and oxygen atoms in total. The number of hydrogen-bond donors (Lipinski definition) is 3. The molecule has 2 aromatic heterocycles. The van der Waals surface area contributed by atoms with Crippen LogP contribution in [0.4, 0.5) is 4.39 Å². The maximum absolute atomic E-state index is 14.9. The van der Waals surface area contributed by atoms with Crippen LogP contribution in [0.2, 0.25) is 0 Å². The number of carbonyl (C=O) groups excluding carboxylic acids is 4. The Hall–Kier alpha value is -5.32. The molecule has 0 spiro atoms. The third-order valence-corrected chi connectivity index (χ3v) is 7.11. The zero-order valence-corrected chi connectivity index (χ0v) is 27.8. The lowest BCUT2D eigenvalue weighted by Crippen LogP contribution is -2.47. The van der Waals surface area contributed by atoms with Crippen LogP contribution in [0.5, 0.6) is 11.5 Å². The molecule has 3 N–H and O–H groups in total. The quantitative estimate of drug-likeness (QED) is 0.141. The third-order valence-electron chi connectivity index (χ3n) is 7.11. The monoisotopic (exact) mass is 656 g/mol. The first-order valence-corrected chi connectivity index (χ1v) is 15.8. The average Bonchev–Trinajstić information content (AvgIpc) is 3.51. The Morgan fingerprint density at radius 2 is 1.75 bits per heavy atom. The molecule has 48 heavy (non-hydrogen) atoms. The fourth-order valence-corrected chi connectivity index (χ4v) is 4.95. The van der Waals surface area contributed by atoms with Gasteiger partial charge in [-0.25, -0.2) is 4.39 Å². The van der Waals surface area contributed by atoms with E-state index in [2.05, 4.69) is 20.6 Å². The van der Waals surface area contributed by atoms with Crippen LogP contribution < -0.4 is 15.4 Å². The maximum Gasteiger partial charge on any atom is 0.306 e. The van der Waals surface area contributed by atoms with Crippen molar-refractivity contribution in [3.63, 3.8) is 0 Å². The molecule has 0 saturated carbocycles. The van der Waals surface area contributed by atoms with Crippen molar-refractivity contribution in [3.8, 4) is 22.9 Å². The molecule has 0 aliphatic heterocycles. The fourth-order valence-electron chi connectivity index (χ4n) is 4.95. The smallest absolute Gasteiger partial charge is 0.306 e. The molecule has 11 heteroatoms. The van der Waals surface area contributed by atoms with E-state index >= 15 is 0 Å². The van der Waals surface area contributed by atoms with Crippen LogP contribution in [-0.4, -0.2) is 51.7 Å². The number of H-pyrrole nitrogens is 1. The largest absolute Gasteiger partial charge is 0.460 e. The molecule has 0 unspecified atom stereocenters. The predicted molar refractivity (Wildman–Crippen MR) is 179 cm³/mol. The van der Waals surface area contributed by atoms with Crippen LogP contribution in [0.25, 0.3) is 11.4 Å². The highest BCUT2D eigenvalue weighted by molar-refractivity contribution is 5.98. The zero-order chi connectivity index (χ0) is 34.8. The van der Waals surface area contributed by atoms with Crippen LogP contribution in [0.3, 0.4) is 0 Å². The number of ketones is 1. The number of aryl methyl sites for hydroxylation is 1. The average molecular weight is 657 g/mol. The highest BCUT2D eigenvalue weighted by Crippen LogP contribution is 2.27. The third kappa shape index (κ3) is 10.6. The minimum Gasteiger partial charge on any atom is -0.460 e. The number of nitrogens with one attached hydrogen (secondary N) is 3. The number of amides is 2. The molecule has 4 aromatic rings. The number of esters is 1. The first kappa shape index (κ1) is 35.5. The number of carbonyl (C=O) groups is 4. The minimum absolute atomic E-state index is 0.0318. The van der Waals surface area contributed by atoms with Gasteiger partial charge in [-0.1, -0.05) is 35.9 Å². The lowest BCUT2D eigenvalue weighted by atomic mass is 10.0. The summed E-state index contributed by atoms with van der Waals surface area (Å²) in [5, 5.41) is 5.38. The van der Waals surface area contributed by atoms with Gasteiger partial charge < -0.3 is 25.1 Å². The Morgan fingerprint density at radius 3 is 2.46 bits per heavy atom. The number of hydrogen-bond acceptors (Lipinski definition) is 7. The molecule has 0 radical (unpaired) electrons. The second-order valence-electron chi connectivity index (χ2n) is 12.5. The van der Waals surface area contributed by atoms with Gasteiger partial charge in [0.25, 0.3) is 5.91 Å². The standard InChI is InChI=1S/C37H41FN4O6/c1-6-39-36(46)31(12-13-34(44)48-37(3,4)5)42-35(45)26-19-32(41-22-26)33-21-29(14-15-40-33)47-28-11-10-25(30(38)20-28)18-27(43)17-24-9-7-8-23(2)16-24/h7-11,14-16,19-22,31,41H,6,12-13,17-18H2,1-5H3,(H,39,46)(H,42,45)/t31-/m0/s1. The number of aromatic amines is 1. The van der Waals surface area contributed by atoms with Gasteiger partial charge in [-0.3, -0.25) is 24.2 Å². The summed E-state index contributed by atoms with van der Waals surface area (Å²) < 4.78 is 26.1. The van der Waals surface area contributed by atoms with Crippen LogP contribution in [0, 0.1) is 12.7 Å². The summed E-state index contributed by atoms with van der Waals surface area (Å²) in [4.78, 5) is 57.9. The van der Waals surface area contributed by atoms with Gasteiger partial charge in [-0.15, -0.1) is 0 Å². The van der Waals surface area contributed by atoms with E-state index in [9.17, 15) is 23.6 Å². The fraction of sp³-hybridized carbons (Fsp3) is 0.324. The van der Waals surface area contributed by atoms with Gasteiger partial charge >= 0.3 is 5.97 Å². The number of nitrogens with zero attached hydrogens (tertiary/aromatic N) is 1. The maximum atomic E-state index is 14.9. The number of benzene rings is 2. The van der Waals surface area contributed by atoms with Crippen molar-refractivity contribution in [1.82, 2.24) is 20.6 Å². The molecular formula is C37H41FN4O6.